The Morgan fingerprint density at radius 2 is 1.72 bits per heavy atom. The number of piperidine rings is 1. The first-order valence-electron chi connectivity index (χ1n) is 12.8. The number of hydrogen-bond donors (Lipinski definition) is 2. The summed E-state index contributed by atoms with van der Waals surface area (Å²) in [6, 6.07) is 13.2. The van der Waals surface area contributed by atoms with E-state index in [0.29, 0.717) is 31.0 Å². The number of carbonyl (C=O) groups excluding carboxylic acids is 2. The number of para-hydroxylation sites is 2. The molecule has 4 rings (SSSR count). The fraction of sp³-hybridized carbons (Fsp3) is 0.500. The van der Waals surface area contributed by atoms with Crippen molar-refractivity contribution in [3.63, 3.8) is 0 Å². The Balaban J connectivity index is 1.40. The minimum Gasteiger partial charge on any atom is -0.493 e. The number of methoxy groups -OCH3 is 2. The molecule has 0 aromatic heterocycles. The summed E-state index contributed by atoms with van der Waals surface area (Å²) in [7, 11) is 3.31. The first-order chi connectivity index (χ1) is 17.6. The highest BCUT2D eigenvalue weighted by atomic mass is 16.5. The zero-order valence-electron chi connectivity index (χ0n) is 21.3. The molecule has 0 aliphatic carbocycles. The van der Waals surface area contributed by atoms with Crippen LogP contribution in [-0.2, 0) is 11.3 Å². The molecule has 2 aliphatic heterocycles. The summed E-state index contributed by atoms with van der Waals surface area (Å²) in [5, 5.41) is 6.12. The number of benzene rings is 2. The van der Waals surface area contributed by atoms with Crippen molar-refractivity contribution in [3.05, 3.63) is 53.6 Å². The molecule has 194 valence electrons. The number of ether oxygens (including phenoxy) is 3. The molecule has 8 nitrogen and oxygen atoms in total. The maximum atomic E-state index is 13.4. The Morgan fingerprint density at radius 3 is 2.50 bits per heavy atom. The molecule has 0 saturated carbocycles. The molecule has 1 saturated heterocycles. The van der Waals surface area contributed by atoms with E-state index in [1.807, 2.05) is 24.3 Å². The van der Waals surface area contributed by atoms with Crippen LogP contribution in [0.4, 0.5) is 0 Å². The van der Waals surface area contributed by atoms with Crippen molar-refractivity contribution in [2.75, 3.05) is 47.0 Å². The molecule has 2 aliphatic rings. The smallest absolute Gasteiger partial charge is 0.255 e. The number of hydrogen-bond acceptors (Lipinski definition) is 6. The molecule has 36 heavy (non-hydrogen) atoms. The molecular weight excluding hydrogens is 458 g/mol. The second-order valence-electron chi connectivity index (χ2n) is 9.52. The third-order valence-corrected chi connectivity index (χ3v) is 7.32. The summed E-state index contributed by atoms with van der Waals surface area (Å²) in [4.78, 5) is 28.4. The van der Waals surface area contributed by atoms with Gasteiger partial charge < -0.3 is 24.8 Å². The van der Waals surface area contributed by atoms with Gasteiger partial charge in [-0.15, -0.1) is 0 Å². The van der Waals surface area contributed by atoms with Gasteiger partial charge in [0.25, 0.3) is 5.91 Å². The minimum atomic E-state index is -0.402. The Morgan fingerprint density at radius 1 is 0.917 bits per heavy atom. The SMILES string of the molecule is COc1cccc(CN2CCC3(CCCCNC(=O)c4ccccc4OCCNC3=O)CC2)c1OC. The van der Waals surface area contributed by atoms with E-state index in [0.717, 1.165) is 68.8 Å². The Labute approximate surface area is 213 Å². The molecule has 2 aromatic carbocycles. The molecule has 0 radical (unpaired) electrons. The van der Waals surface area contributed by atoms with E-state index in [-0.39, 0.29) is 11.8 Å². The molecule has 2 N–H and O–H groups in total. The zero-order valence-corrected chi connectivity index (χ0v) is 21.3. The lowest BCUT2D eigenvalue weighted by Crippen LogP contribution is -2.49. The van der Waals surface area contributed by atoms with Gasteiger partial charge in [-0.1, -0.05) is 30.7 Å². The van der Waals surface area contributed by atoms with E-state index in [4.69, 9.17) is 14.2 Å². The Hall–Kier alpha value is -3.26. The molecule has 8 heteroatoms. The standard InChI is InChI=1S/C28H37N3O5/c1-34-24-11-7-8-21(25(24)35-2)20-31-17-13-28(14-18-31)12-5-6-15-29-26(32)22-9-3-4-10-23(22)36-19-16-30-27(28)33/h3-4,7-11H,5-6,12-20H2,1-2H3,(H,29,32)(H,30,33). The largest absolute Gasteiger partial charge is 0.493 e. The van der Waals surface area contributed by atoms with Gasteiger partial charge in [0.1, 0.15) is 12.4 Å². The molecule has 0 unspecified atom stereocenters. The fourth-order valence-electron chi connectivity index (χ4n) is 5.23. The van der Waals surface area contributed by atoms with Crippen LogP contribution in [0, 0.1) is 5.41 Å². The lowest BCUT2D eigenvalue weighted by atomic mass is 9.73. The van der Waals surface area contributed by atoms with Crippen molar-refractivity contribution < 1.29 is 23.8 Å². The van der Waals surface area contributed by atoms with Gasteiger partial charge in [0, 0.05) is 18.7 Å². The third kappa shape index (κ3) is 5.93. The van der Waals surface area contributed by atoms with Crippen molar-refractivity contribution in [3.8, 4) is 17.2 Å². The van der Waals surface area contributed by atoms with Gasteiger partial charge in [-0.05, 0) is 57.0 Å². The van der Waals surface area contributed by atoms with E-state index < -0.39 is 5.41 Å². The van der Waals surface area contributed by atoms with Gasteiger partial charge >= 0.3 is 0 Å². The molecule has 0 bridgehead atoms. The minimum absolute atomic E-state index is 0.110. The molecular formula is C28H37N3O5. The number of fused-ring (bicyclic) bond motifs is 1. The highest BCUT2D eigenvalue weighted by molar-refractivity contribution is 5.96. The normalized spacial score (nSPS) is 19.3. The lowest BCUT2D eigenvalue weighted by molar-refractivity contribution is -0.134. The van der Waals surface area contributed by atoms with Crippen LogP contribution in [0.15, 0.2) is 42.5 Å². The van der Waals surface area contributed by atoms with Crippen molar-refractivity contribution in [2.24, 2.45) is 5.41 Å². The van der Waals surface area contributed by atoms with Gasteiger partial charge in [0.15, 0.2) is 11.5 Å². The Kier molecular flexibility index (Phi) is 8.70. The van der Waals surface area contributed by atoms with Crippen molar-refractivity contribution in [1.82, 2.24) is 15.5 Å². The number of rotatable bonds is 4. The van der Waals surface area contributed by atoms with Crippen LogP contribution in [0.2, 0.25) is 0 Å². The predicted molar refractivity (Wildman–Crippen MR) is 138 cm³/mol. The summed E-state index contributed by atoms with van der Waals surface area (Å²) in [5.74, 6) is 2.02. The zero-order chi connectivity index (χ0) is 25.4. The van der Waals surface area contributed by atoms with Crippen molar-refractivity contribution >= 4 is 11.8 Å². The lowest BCUT2D eigenvalue weighted by Gasteiger charge is -2.41. The van der Waals surface area contributed by atoms with Crippen LogP contribution in [-0.4, -0.2) is 63.7 Å². The van der Waals surface area contributed by atoms with Gasteiger partial charge in [0.05, 0.1) is 31.7 Å². The Bertz CT molecular complexity index is 1050. The fourth-order valence-corrected chi connectivity index (χ4v) is 5.23. The topological polar surface area (TPSA) is 89.1 Å². The van der Waals surface area contributed by atoms with Crippen LogP contribution in [0.3, 0.4) is 0 Å². The van der Waals surface area contributed by atoms with Gasteiger partial charge in [-0.2, -0.15) is 0 Å². The predicted octanol–water partition coefficient (Wildman–Crippen LogP) is 3.39. The molecule has 0 atom stereocenters. The number of carbonyl (C=O) groups is 2. The van der Waals surface area contributed by atoms with E-state index in [1.165, 1.54) is 0 Å². The molecule has 1 spiro atoms. The second-order valence-corrected chi connectivity index (χ2v) is 9.52. The highest BCUT2D eigenvalue weighted by Crippen LogP contribution is 2.39. The number of nitrogens with one attached hydrogen (secondary N) is 2. The van der Waals surface area contributed by atoms with E-state index in [2.05, 4.69) is 21.6 Å². The van der Waals surface area contributed by atoms with Crippen LogP contribution < -0.4 is 24.8 Å². The van der Waals surface area contributed by atoms with Gasteiger partial charge in [-0.25, -0.2) is 0 Å². The summed E-state index contributed by atoms with van der Waals surface area (Å²) in [5.41, 5.74) is 1.20. The summed E-state index contributed by atoms with van der Waals surface area (Å²) in [6.45, 7) is 3.70. The quantitative estimate of drug-likeness (QED) is 0.676. The van der Waals surface area contributed by atoms with Crippen LogP contribution in [0.5, 0.6) is 17.2 Å². The summed E-state index contributed by atoms with van der Waals surface area (Å²) in [6.07, 6.45) is 4.11. The van der Waals surface area contributed by atoms with Crippen molar-refractivity contribution in [2.45, 2.75) is 38.6 Å². The first-order valence-corrected chi connectivity index (χ1v) is 12.8. The highest BCUT2D eigenvalue weighted by Gasteiger charge is 2.40. The van der Waals surface area contributed by atoms with E-state index >= 15 is 0 Å². The second kappa shape index (κ2) is 12.1. The first kappa shape index (κ1) is 25.8. The number of nitrogens with zero attached hydrogens (tertiary/aromatic N) is 1. The maximum Gasteiger partial charge on any atom is 0.255 e. The average molecular weight is 496 g/mol. The number of likely N-dealkylation sites (tertiary alicyclic amines) is 1. The molecule has 2 heterocycles. The monoisotopic (exact) mass is 495 g/mol. The van der Waals surface area contributed by atoms with Gasteiger partial charge in [-0.3, -0.25) is 14.5 Å². The van der Waals surface area contributed by atoms with Crippen LogP contribution in [0.1, 0.15) is 48.0 Å². The summed E-state index contributed by atoms with van der Waals surface area (Å²) >= 11 is 0. The summed E-state index contributed by atoms with van der Waals surface area (Å²) < 4.78 is 16.9. The molecule has 1 fully saturated rings. The van der Waals surface area contributed by atoms with Crippen molar-refractivity contribution in [1.29, 1.82) is 0 Å². The van der Waals surface area contributed by atoms with E-state index in [1.54, 1.807) is 26.4 Å². The molecule has 2 aromatic rings. The van der Waals surface area contributed by atoms with E-state index in [9.17, 15) is 9.59 Å². The number of amides is 2. The third-order valence-electron chi connectivity index (χ3n) is 7.32. The van der Waals surface area contributed by atoms with Crippen LogP contribution in [0.25, 0.3) is 0 Å². The maximum absolute atomic E-state index is 13.4. The van der Waals surface area contributed by atoms with Gasteiger partial charge in [0.2, 0.25) is 5.91 Å². The molecule has 2 amide bonds. The van der Waals surface area contributed by atoms with Crippen LogP contribution >= 0.6 is 0 Å². The average Bonchev–Trinajstić information content (AvgIpc) is 2.91.